The normalized spacial score (nSPS) is 33.8. The van der Waals surface area contributed by atoms with Gasteiger partial charge in [0.15, 0.2) is 5.54 Å². The number of piperidine rings is 1. The minimum atomic E-state index is -0.603. The Bertz CT molecular complexity index is 186. The van der Waals surface area contributed by atoms with Crippen LogP contribution < -0.4 is 11.1 Å². The number of rotatable bonds is 0. The number of amides is 2. The quantitative estimate of drug-likeness (QED) is 0.402. The lowest BCUT2D eigenvalue weighted by Crippen LogP contribution is -2.79. The smallest absolute Gasteiger partial charge is 0.287 e. The summed E-state index contributed by atoms with van der Waals surface area (Å²) in [5, 5.41) is 2.23. The third kappa shape index (κ3) is 1.16. The second-order valence-electron chi connectivity index (χ2n) is 2.94. The van der Waals surface area contributed by atoms with Crippen molar-refractivity contribution in [3.8, 4) is 0 Å². The Labute approximate surface area is 58.8 Å². The third-order valence-corrected chi connectivity index (χ3v) is 1.70. The highest BCUT2D eigenvalue weighted by atomic mass is 16.2. The highest BCUT2D eigenvalue weighted by Crippen LogP contribution is 2.10. The predicted molar refractivity (Wildman–Crippen MR) is 33.7 cm³/mol. The van der Waals surface area contributed by atoms with Gasteiger partial charge in [0.05, 0.1) is 0 Å². The van der Waals surface area contributed by atoms with E-state index in [0.717, 1.165) is 0 Å². The lowest BCUT2D eigenvalue weighted by molar-refractivity contribution is -0.454. The molecule has 1 unspecified atom stereocenters. The van der Waals surface area contributed by atoms with Crippen molar-refractivity contribution in [3.05, 3.63) is 0 Å². The summed E-state index contributed by atoms with van der Waals surface area (Å²) in [5.74, 6) is -0.449. The Kier molecular flexibility index (Phi) is 1.48. The van der Waals surface area contributed by atoms with Crippen LogP contribution in [0.3, 0.4) is 0 Å². The van der Waals surface area contributed by atoms with Crippen LogP contribution >= 0.6 is 0 Å². The van der Waals surface area contributed by atoms with Crippen molar-refractivity contribution < 1.29 is 15.3 Å². The van der Waals surface area contributed by atoms with E-state index in [1.165, 1.54) is 0 Å². The number of carbonyl (C=O) groups excluding carboxylic acids is 2. The minimum absolute atomic E-state index is 0.189. The van der Waals surface area contributed by atoms with E-state index in [1.54, 1.807) is 6.92 Å². The highest BCUT2D eigenvalue weighted by molar-refractivity contribution is 6.01. The topological polar surface area (TPSA) is 73.8 Å². The molecule has 0 aliphatic carbocycles. The van der Waals surface area contributed by atoms with Gasteiger partial charge >= 0.3 is 0 Å². The third-order valence-electron chi connectivity index (χ3n) is 1.70. The van der Waals surface area contributed by atoms with E-state index < -0.39 is 5.54 Å². The van der Waals surface area contributed by atoms with Gasteiger partial charge in [-0.25, -0.2) is 0 Å². The monoisotopic (exact) mass is 143 g/mol. The molecule has 1 aliphatic rings. The van der Waals surface area contributed by atoms with Crippen molar-refractivity contribution in [1.29, 1.82) is 0 Å². The molecular weight excluding hydrogens is 132 g/mol. The summed E-state index contributed by atoms with van der Waals surface area (Å²) in [6.07, 6.45) is 0.962. The van der Waals surface area contributed by atoms with Crippen molar-refractivity contribution in [3.63, 3.8) is 0 Å². The van der Waals surface area contributed by atoms with Crippen molar-refractivity contribution in [2.45, 2.75) is 25.3 Å². The average Bonchev–Trinajstić information content (AvgIpc) is 1.81. The van der Waals surface area contributed by atoms with Gasteiger partial charge in [-0.3, -0.25) is 14.9 Å². The zero-order valence-electron chi connectivity index (χ0n) is 5.94. The van der Waals surface area contributed by atoms with Crippen LogP contribution in [-0.4, -0.2) is 17.4 Å². The van der Waals surface area contributed by atoms with E-state index in [4.69, 9.17) is 0 Å². The van der Waals surface area contributed by atoms with Crippen LogP contribution in [0.4, 0.5) is 0 Å². The molecule has 1 saturated heterocycles. The first-order chi connectivity index (χ1) is 4.52. The van der Waals surface area contributed by atoms with Gasteiger partial charge in [0.2, 0.25) is 5.91 Å². The maximum Gasteiger partial charge on any atom is 0.287 e. The molecule has 0 aromatic rings. The fraction of sp³-hybridized carbons (Fsp3) is 0.667. The highest BCUT2D eigenvalue weighted by Gasteiger charge is 2.38. The van der Waals surface area contributed by atoms with Crippen molar-refractivity contribution in [2.75, 3.05) is 0 Å². The Balaban J connectivity index is 2.70. The van der Waals surface area contributed by atoms with E-state index in [9.17, 15) is 9.59 Å². The van der Waals surface area contributed by atoms with Gasteiger partial charge in [-0.1, -0.05) is 0 Å². The van der Waals surface area contributed by atoms with Gasteiger partial charge < -0.3 is 5.73 Å². The first-order valence-corrected chi connectivity index (χ1v) is 3.22. The summed E-state index contributed by atoms with van der Waals surface area (Å²) in [6.45, 7) is 1.73. The van der Waals surface area contributed by atoms with Gasteiger partial charge in [0, 0.05) is 12.8 Å². The molecule has 1 fully saturated rings. The van der Waals surface area contributed by atoms with Gasteiger partial charge in [-0.2, -0.15) is 0 Å². The molecule has 0 aromatic heterocycles. The lowest BCUT2D eigenvalue weighted by Gasteiger charge is -2.23. The molecule has 4 N–H and O–H groups in total. The van der Waals surface area contributed by atoms with Crippen LogP contribution in [0.5, 0.6) is 0 Å². The largest absolute Gasteiger partial charge is 0.345 e. The van der Waals surface area contributed by atoms with Crippen LogP contribution in [0.1, 0.15) is 19.8 Å². The van der Waals surface area contributed by atoms with Crippen LogP contribution in [-0.2, 0) is 9.59 Å². The first-order valence-electron chi connectivity index (χ1n) is 3.22. The Morgan fingerprint density at radius 1 is 1.60 bits per heavy atom. The van der Waals surface area contributed by atoms with Gasteiger partial charge in [0.25, 0.3) is 5.91 Å². The summed E-state index contributed by atoms with van der Waals surface area (Å²) < 4.78 is 0. The van der Waals surface area contributed by atoms with E-state index in [2.05, 4.69) is 11.1 Å². The fourth-order valence-electron chi connectivity index (χ4n) is 0.843. The second-order valence-corrected chi connectivity index (χ2v) is 2.94. The molecule has 0 spiro atoms. The number of hydrogen-bond donors (Lipinski definition) is 2. The molecule has 56 valence electrons. The summed E-state index contributed by atoms with van der Waals surface area (Å²) in [4.78, 5) is 21.5. The maximum absolute atomic E-state index is 10.9. The maximum atomic E-state index is 10.9. The molecule has 0 radical (unpaired) electrons. The molecule has 1 atom stereocenters. The molecule has 4 heteroatoms. The molecule has 1 rings (SSSR count). The summed E-state index contributed by atoms with van der Waals surface area (Å²) in [7, 11) is 0. The van der Waals surface area contributed by atoms with Crippen LogP contribution in [0.25, 0.3) is 0 Å². The van der Waals surface area contributed by atoms with E-state index in [-0.39, 0.29) is 11.8 Å². The minimum Gasteiger partial charge on any atom is -0.345 e. The average molecular weight is 143 g/mol. The Hall–Kier alpha value is -0.900. The van der Waals surface area contributed by atoms with Crippen molar-refractivity contribution in [1.82, 2.24) is 5.32 Å². The van der Waals surface area contributed by atoms with E-state index >= 15 is 0 Å². The molecule has 0 saturated carbocycles. The van der Waals surface area contributed by atoms with Crippen molar-refractivity contribution >= 4 is 11.8 Å². The first kappa shape index (κ1) is 7.21. The molecule has 0 aromatic carbocycles. The summed E-state index contributed by atoms with van der Waals surface area (Å²) in [6, 6.07) is 0. The number of imide groups is 1. The van der Waals surface area contributed by atoms with Gasteiger partial charge in [-0.15, -0.1) is 0 Å². The van der Waals surface area contributed by atoms with Gasteiger partial charge in [-0.05, 0) is 6.92 Å². The SMILES string of the molecule is CC1([NH3+])CCC(=O)NC1=O. The van der Waals surface area contributed by atoms with Crippen molar-refractivity contribution in [2.24, 2.45) is 0 Å². The van der Waals surface area contributed by atoms with E-state index in [1.807, 2.05) is 0 Å². The van der Waals surface area contributed by atoms with E-state index in [0.29, 0.717) is 12.8 Å². The van der Waals surface area contributed by atoms with Crippen LogP contribution in [0, 0.1) is 0 Å². The fourth-order valence-corrected chi connectivity index (χ4v) is 0.843. The number of quaternary nitrogens is 1. The summed E-state index contributed by atoms with van der Waals surface area (Å²) >= 11 is 0. The standard InChI is InChI=1S/C6H10N2O2/c1-6(7)3-2-4(9)8-5(6)10/h2-3,7H2,1H3,(H,8,9,10)/p+1. The molecule has 0 bridgehead atoms. The Morgan fingerprint density at radius 3 is 2.60 bits per heavy atom. The predicted octanol–water partition coefficient (Wildman–Crippen LogP) is -1.58. The molecular formula is C6H11N2O2+. The summed E-state index contributed by atoms with van der Waals surface area (Å²) in [5.41, 5.74) is 3.08. The zero-order chi connectivity index (χ0) is 7.78. The van der Waals surface area contributed by atoms with Crippen LogP contribution in [0.15, 0.2) is 0 Å². The number of hydrogen-bond acceptors (Lipinski definition) is 2. The molecule has 1 aliphatic heterocycles. The Morgan fingerprint density at radius 2 is 2.20 bits per heavy atom. The van der Waals surface area contributed by atoms with Crippen LogP contribution in [0.2, 0.25) is 0 Å². The molecule has 2 amide bonds. The van der Waals surface area contributed by atoms with Gasteiger partial charge in [0.1, 0.15) is 0 Å². The molecule has 1 heterocycles. The second kappa shape index (κ2) is 2.05. The zero-order valence-corrected chi connectivity index (χ0v) is 5.94. The number of carbonyl (C=O) groups is 2. The molecule has 10 heavy (non-hydrogen) atoms. The number of nitrogens with one attached hydrogen (secondary N) is 1. The molecule has 4 nitrogen and oxygen atoms in total. The lowest BCUT2D eigenvalue weighted by atomic mass is 9.93.